The van der Waals surface area contributed by atoms with Crippen molar-refractivity contribution in [3.05, 3.63) is 12.2 Å². The summed E-state index contributed by atoms with van der Waals surface area (Å²) in [6, 6.07) is 0. The fourth-order valence-corrected chi connectivity index (χ4v) is 0.785. The third kappa shape index (κ3) is 4.13. The van der Waals surface area contributed by atoms with Crippen molar-refractivity contribution in [1.29, 1.82) is 0 Å². The third-order valence-electron chi connectivity index (χ3n) is 1.77. The maximum absolute atomic E-state index is 9.25. The van der Waals surface area contributed by atoms with Gasteiger partial charge in [0.25, 0.3) is 0 Å². The van der Waals surface area contributed by atoms with E-state index in [0.29, 0.717) is 12.2 Å². The zero-order chi connectivity index (χ0) is 9.56. The van der Waals surface area contributed by atoms with Gasteiger partial charge in [-0.2, -0.15) is 4.99 Å². The molecule has 0 heterocycles. The molecule has 12 heavy (non-hydrogen) atoms. The minimum atomic E-state index is 0.182. The van der Waals surface area contributed by atoms with Gasteiger partial charge in [0.15, 0.2) is 0 Å². The van der Waals surface area contributed by atoms with Crippen LogP contribution in [0.15, 0.2) is 12.2 Å². The quantitative estimate of drug-likeness (QED) is 0.344. The molecule has 0 fully saturated rings. The second kappa shape index (κ2) is 5.77. The standard InChI is InChI=1S/C9H18N2O/c1-5-11(6-2)7-10-9(12)8(3)4/h3,5-7H2,1-2,4H3,(H,10,12)/p+1. The Morgan fingerprint density at radius 1 is 1.42 bits per heavy atom. The molecule has 0 spiro atoms. The summed E-state index contributed by atoms with van der Waals surface area (Å²) >= 11 is 0. The summed E-state index contributed by atoms with van der Waals surface area (Å²) in [5.41, 5.74) is 0.669. The zero-order valence-electron chi connectivity index (χ0n) is 8.22. The van der Waals surface area contributed by atoms with Gasteiger partial charge >= 0.3 is 5.90 Å². The number of aliphatic hydroxyl groups is 1. The topological polar surface area (TPSA) is 37.4 Å². The summed E-state index contributed by atoms with van der Waals surface area (Å²) in [7, 11) is 0. The fourth-order valence-electron chi connectivity index (χ4n) is 0.785. The second-order valence-electron chi connectivity index (χ2n) is 2.77. The molecule has 0 aromatic rings. The molecule has 0 aromatic carbocycles. The lowest BCUT2D eigenvalue weighted by Crippen LogP contribution is -2.77. The minimum Gasteiger partial charge on any atom is -0.460 e. The van der Waals surface area contributed by atoms with Crippen molar-refractivity contribution in [3.8, 4) is 0 Å². The first-order valence-electron chi connectivity index (χ1n) is 4.29. The van der Waals surface area contributed by atoms with E-state index in [-0.39, 0.29) is 5.90 Å². The van der Waals surface area contributed by atoms with Crippen molar-refractivity contribution in [2.75, 3.05) is 19.8 Å². The Bertz CT molecular complexity index is 171. The van der Waals surface area contributed by atoms with E-state index in [1.807, 2.05) is 0 Å². The van der Waals surface area contributed by atoms with Crippen molar-refractivity contribution in [1.82, 2.24) is 4.90 Å². The van der Waals surface area contributed by atoms with Gasteiger partial charge in [-0.15, -0.1) is 0 Å². The smallest absolute Gasteiger partial charge is 0.361 e. The Morgan fingerprint density at radius 2 is 1.92 bits per heavy atom. The van der Waals surface area contributed by atoms with E-state index in [2.05, 4.69) is 30.3 Å². The van der Waals surface area contributed by atoms with Crippen LogP contribution in [0.5, 0.6) is 0 Å². The van der Waals surface area contributed by atoms with E-state index < -0.39 is 0 Å². The molecule has 0 aliphatic carbocycles. The molecule has 0 saturated heterocycles. The normalized spacial score (nSPS) is 12.2. The van der Waals surface area contributed by atoms with E-state index in [4.69, 9.17) is 0 Å². The predicted molar refractivity (Wildman–Crippen MR) is 51.2 cm³/mol. The number of aliphatic hydroxyl groups excluding tert-OH is 1. The molecule has 0 aromatic heterocycles. The fraction of sp³-hybridized carbons (Fsp3) is 0.667. The van der Waals surface area contributed by atoms with E-state index in [1.165, 1.54) is 0 Å². The van der Waals surface area contributed by atoms with E-state index >= 15 is 0 Å². The van der Waals surface area contributed by atoms with Crippen LogP contribution >= 0.6 is 0 Å². The molecule has 0 aliphatic heterocycles. The highest BCUT2D eigenvalue weighted by molar-refractivity contribution is 5.85. The summed E-state index contributed by atoms with van der Waals surface area (Å²) in [5.74, 6) is 0.182. The lowest BCUT2D eigenvalue weighted by atomic mass is 10.3. The van der Waals surface area contributed by atoms with Gasteiger partial charge in [0.1, 0.15) is 0 Å². The first kappa shape index (κ1) is 11.2. The van der Waals surface area contributed by atoms with Crippen LogP contribution in [0.3, 0.4) is 0 Å². The van der Waals surface area contributed by atoms with Gasteiger partial charge in [0, 0.05) is 13.1 Å². The molecule has 2 N–H and O–H groups in total. The molecule has 0 rings (SSSR count). The molecule has 0 radical (unpaired) electrons. The van der Waals surface area contributed by atoms with Crippen molar-refractivity contribution in [2.24, 2.45) is 0 Å². The van der Waals surface area contributed by atoms with Crippen LogP contribution in [0.1, 0.15) is 20.8 Å². The Kier molecular flexibility index (Phi) is 5.37. The Morgan fingerprint density at radius 3 is 2.25 bits per heavy atom. The maximum atomic E-state index is 9.25. The summed E-state index contributed by atoms with van der Waals surface area (Å²) in [6.45, 7) is 12.2. The molecule has 0 aliphatic rings. The molecule has 0 bridgehead atoms. The average Bonchev–Trinajstić information content (AvgIpc) is 2.05. The van der Waals surface area contributed by atoms with Gasteiger partial charge < -0.3 is 5.11 Å². The summed E-state index contributed by atoms with van der Waals surface area (Å²) in [5, 5.41) is 9.25. The van der Waals surface area contributed by atoms with Gasteiger partial charge in [-0.1, -0.05) is 20.4 Å². The summed E-state index contributed by atoms with van der Waals surface area (Å²) in [6.07, 6.45) is 0. The monoisotopic (exact) mass is 171 g/mol. The lowest BCUT2D eigenvalue weighted by Gasteiger charge is -2.10. The minimum absolute atomic E-state index is 0.182. The van der Waals surface area contributed by atoms with Crippen LogP contribution < -0.4 is 4.99 Å². The average molecular weight is 171 g/mol. The van der Waals surface area contributed by atoms with Crippen LogP contribution in [0, 0.1) is 0 Å². The molecule has 0 unspecified atom stereocenters. The van der Waals surface area contributed by atoms with Gasteiger partial charge in [0.05, 0.1) is 5.57 Å². The SMILES string of the molecule is C=C(C)C(O)=[NH+]CN(CC)CC. The number of nitrogens with zero attached hydrogens (tertiary/aromatic N) is 1. The summed E-state index contributed by atoms with van der Waals surface area (Å²) < 4.78 is 0. The third-order valence-corrected chi connectivity index (χ3v) is 1.77. The number of hydrogen-bond donors (Lipinski definition) is 2. The van der Waals surface area contributed by atoms with Crippen molar-refractivity contribution in [3.63, 3.8) is 0 Å². The largest absolute Gasteiger partial charge is 0.460 e. The number of hydrogen-bond acceptors (Lipinski definition) is 1. The number of rotatable bonds is 5. The maximum Gasteiger partial charge on any atom is 0.361 e. The zero-order valence-corrected chi connectivity index (χ0v) is 8.22. The molecular formula is C9H19N2O+. The second-order valence-corrected chi connectivity index (χ2v) is 2.77. The molecule has 70 valence electrons. The molecule has 0 amide bonds. The van der Waals surface area contributed by atoms with Gasteiger partial charge in [-0.3, -0.25) is 0 Å². The van der Waals surface area contributed by atoms with Crippen LogP contribution in [0.4, 0.5) is 0 Å². The van der Waals surface area contributed by atoms with E-state index in [9.17, 15) is 5.11 Å². The van der Waals surface area contributed by atoms with Crippen LogP contribution in [-0.2, 0) is 0 Å². The van der Waals surface area contributed by atoms with E-state index in [1.54, 1.807) is 6.92 Å². The lowest BCUT2D eigenvalue weighted by molar-refractivity contribution is -0.491. The van der Waals surface area contributed by atoms with Gasteiger partial charge in [-0.25, -0.2) is 4.90 Å². The first-order chi connectivity index (χ1) is 5.61. The molecule has 3 heteroatoms. The van der Waals surface area contributed by atoms with Gasteiger partial charge in [-0.05, 0) is 6.92 Å². The van der Waals surface area contributed by atoms with Crippen molar-refractivity contribution in [2.45, 2.75) is 20.8 Å². The summed E-state index contributed by atoms with van der Waals surface area (Å²) in [4.78, 5) is 5.05. The Hall–Kier alpha value is -0.830. The molecule has 0 saturated carbocycles. The van der Waals surface area contributed by atoms with Crippen LogP contribution in [-0.4, -0.2) is 35.7 Å². The molecular weight excluding hydrogens is 152 g/mol. The highest BCUT2D eigenvalue weighted by Crippen LogP contribution is 1.81. The highest BCUT2D eigenvalue weighted by atomic mass is 16.3. The van der Waals surface area contributed by atoms with Crippen molar-refractivity contribution < 1.29 is 10.1 Å². The van der Waals surface area contributed by atoms with Gasteiger partial charge in [0.2, 0.25) is 6.67 Å². The molecule has 3 nitrogen and oxygen atoms in total. The number of nitrogens with one attached hydrogen (secondary N) is 1. The first-order valence-corrected chi connectivity index (χ1v) is 4.29. The van der Waals surface area contributed by atoms with Crippen LogP contribution in [0.25, 0.3) is 0 Å². The Balaban J connectivity index is 3.93. The predicted octanol–water partition coefficient (Wildman–Crippen LogP) is -0.101. The van der Waals surface area contributed by atoms with Crippen molar-refractivity contribution >= 4 is 5.90 Å². The highest BCUT2D eigenvalue weighted by Gasteiger charge is 2.04. The van der Waals surface area contributed by atoms with Crippen LogP contribution in [0.2, 0.25) is 0 Å². The molecule has 0 atom stereocenters. The van der Waals surface area contributed by atoms with E-state index in [0.717, 1.165) is 13.1 Å². The Labute approximate surface area is 74.4 Å².